The van der Waals surface area contributed by atoms with Crippen molar-refractivity contribution < 1.29 is 9.59 Å². The van der Waals surface area contributed by atoms with Crippen molar-refractivity contribution in [3.8, 4) is 11.1 Å². The number of hydrogen-bond acceptors (Lipinski definition) is 2. The van der Waals surface area contributed by atoms with E-state index in [-0.39, 0.29) is 11.8 Å². The Bertz CT molecular complexity index is 1020. The van der Waals surface area contributed by atoms with Crippen molar-refractivity contribution in [2.24, 2.45) is 5.92 Å². The van der Waals surface area contributed by atoms with Crippen molar-refractivity contribution in [3.05, 3.63) is 90.0 Å². The van der Waals surface area contributed by atoms with Gasteiger partial charge in [-0.3, -0.25) is 9.59 Å². The number of nitrogens with zero attached hydrogens (tertiary/aromatic N) is 1. The van der Waals surface area contributed by atoms with Crippen LogP contribution in [0.3, 0.4) is 0 Å². The monoisotopic (exact) mass is 398 g/mol. The minimum Gasteiger partial charge on any atom is -0.339 e. The molecule has 0 spiro atoms. The number of nitrogens with one attached hydrogen (secondary N) is 1. The molecule has 0 aliphatic carbocycles. The summed E-state index contributed by atoms with van der Waals surface area (Å²) in [6.45, 7) is 3.82. The number of rotatable bonds is 4. The molecule has 0 aromatic heterocycles. The average molecular weight is 399 g/mol. The third kappa shape index (κ3) is 4.60. The molecule has 4 nitrogen and oxygen atoms in total. The maximum atomic E-state index is 12.8. The Morgan fingerprint density at radius 2 is 1.47 bits per heavy atom. The van der Waals surface area contributed by atoms with E-state index in [2.05, 4.69) is 12.2 Å². The number of piperidine rings is 1. The molecule has 1 aliphatic heterocycles. The number of likely N-dealkylation sites (tertiary alicyclic amines) is 1. The summed E-state index contributed by atoms with van der Waals surface area (Å²) in [5.41, 5.74) is 4.00. The van der Waals surface area contributed by atoms with E-state index in [1.807, 2.05) is 77.7 Å². The molecule has 152 valence electrons. The highest BCUT2D eigenvalue weighted by Crippen LogP contribution is 2.21. The van der Waals surface area contributed by atoms with Crippen molar-refractivity contribution in [2.45, 2.75) is 19.8 Å². The second-order valence-electron chi connectivity index (χ2n) is 7.95. The Balaban J connectivity index is 1.43. The molecule has 1 aliphatic rings. The Labute approximate surface area is 177 Å². The number of benzene rings is 3. The van der Waals surface area contributed by atoms with Gasteiger partial charge in [0.25, 0.3) is 11.8 Å². The summed E-state index contributed by atoms with van der Waals surface area (Å²) in [6, 6.07) is 24.8. The van der Waals surface area contributed by atoms with E-state index in [0.29, 0.717) is 22.7 Å². The van der Waals surface area contributed by atoms with Gasteiger partial charge >= 0.3 is 0 Å². The fourth-order valence-electron chi connectivity index (χ4n) is 3.77. The van der Waals surface area contributed by atoms with Crippen LogP contribution in [-0.2, 0) is 0 Å². The lowest BCUT2D eigenvalue weighted by Gasteiger charge is -2.30. The number of carbonyl (C=O) groups is 2. The fraction of sp³-hybridized carbons (Fsp3) is 0.231. The Morgan fingerprint density at radius 3 is 2.17 bits per heavy atom. The first-order valence-electron chi connectivity index (χ1n) is 10.5. The summed E-state index contributed by atoms with van der Waals surface area (Å²) in [7, 11) is 0. The number of carbonyl (C=O) groups excluding carboxylic acids is 2. The summed E-state index contributed by atoms with van der Waals surface area (Å²) in [4.78, 5) is 27.4. The smallest absolute Gasteiger partial charge is 0.255 e. The van der Waals surface area contributed by atoms with Gasteiger partial charge in [-0.1, -0.05) is 55.5 Å². The largest absolute Gasteiger partial charge is 0.339 e. The van der Waals surface area contributed by atoms with Crippen LogP contribution in [0.1, 0.15) is 40.5 Å². The number of amides is 2. The number of hydrogen-bond donors (Lipinski definition) is 1. The first kappa shape index (κ1) is 19.9. The van der Waals surface area contributed by atoms with Crippen LogP contribution in [0.15, 0.2) is 78.9 Å². The van der Waals surface area contributed by atoms with Crippen LogP contribution in [-0.4, -0.2) is 29.8 Å². The van der Waals surface area contributed by atoms with Crippen molar-refractivity contribution in [3.63, 3.8) is 0 Å². The molecule has 3 aromatic rings. The molecular weight excluding hydrogens is 372 g/mol. The zero-order chi connectivity index (χ0) is 20.9. The van der Waals surface area contributed by atoms with Crippen molar-refractivity contribution in [1.29, 1.82) is 0 Å². The van der Waals surface area contributed by atoms with E-state index in [1.54, 1.807) is 6.07 Å². The minimum absolute atomic E-state index is 0.0326. The molecule has 0 unspecified atom stereocenters. The molecular formula is C26H26N2O2. The van der Waals surface area contributed by atoms with Crippen LogP contribution in [0.25, 0.3) is 11.1 Å². The molecule has 3 aromatic carbocycles. The van der Waals surface area contributed by atoms with E-state index in [1.165, 1.54) is 0 Å². The average Bonchev–Trinajstić information content (AvgIpc) is 2.80. The van der Waals surface area contributed by atoms with Gasteiger partial charge in [0.05, 0.1) is 0 Å². The lowest BCUT2D eigenvalue weighted by molar-refractivity contribution is 0.0697. The van der Waals surface area contributed by atoms with Gasteiger partial charge in [0.2, 0.25) is 0 Å². The summed E-state index contributed by atoms with van der Waals surface area (Å²) in [5, 5.41) is 2.91. The maximum absolute atomic E-state index is 12.8. The molecule has 4 heteroatoms. The van der Waals surface area contributed by atoms with Crippen LogP contribution in [0.2, 0.25) is 0 Å². The predicted octanol–water partition coefficient (Wildman–Crippen LogP) is 5.48. The topological polar surface area (TPSA) is 49.4 Å². The van der Waals surface area contributed by atoms with Gasteiger partial charge in [0.1, 0.15) is 0 Å². The molecule has 0 radical (unpaired) electrons. The van der Waals surface area contributed by atoms with Crippen molar-refractivity contribution >= 4 is 17.5 Å². The molecule has 30 heavy (non-hydrogen) atoms. The number of anilines is 1. The molecule has 1 fully saturated rings. The summed E-state index contributed by atoms with van der Waals surface area (Å²) < 4.78 is 0. The second-order valence-corrected chi connectivity index (χ2v) is 7.95. The normalized spacial score (nSPS) is 14.4. The van der Waals surface area contributed by atoms with Gasteiger partial charge in [-0.05, 0) is 60.2 Å². The molecule has 1 saturated heterocycles. The summed E-state index contributed by atoms with van der Waals surface area (Å²) >= 11 is 0. The zero-order valence-electron chi connectivity index (χ0n) is 17.2. The van der Waals surface area contributed by atoms with Crippen LogP contribution in [0.5, 0.6) is 0 Å². The second kappa shape index (κ2) is 8.95. The minimum atomic E-state index is -0.189. The first-order valence-corrected chi connectivity index (χ1v) is 10.5. The maximum Gasteiger partial charge on any atom is 0.255 e. The standard InChI is InChI=1S/C26H26N2O2/c1-19-14-16-28(17-15-19)26(30)23-8-5-9-24(18-23)27-25(29)22-12-10-21(11-13-22)20-6-3-2-4-7-20/h2-13,18-19H,14-17H2,1H3,(H,27,29). The van der Waals surface area contributed by atoms with Gasteiger partial charge in [0, 0.05) is 29.9 Å². The molecule has 1 heterocycles. The van der Waals surface area contributed by atoms with Gasteiger partial charge < -0.3 is 10.2 Å². The third-order valence-corrected chi connectivity index (χ3v) is 5.69. The van der Waals surface area contributed by atoms with Gasteiger partial charge in [-0.25, -0.2) is 0 Å². The Hall–Kier alpha value is -3.40. The van der Waals surface area contributed by atoms with E-state index in [0.717, 1.165) is 37.1 Å². The summed E-state index contributed by atoms with van der Waals surface area (Å²) in [5.74, 6) is 0.518. The van der Waals surface area contributed by atoms with E-state index in [4.69, 9.17) is 0 Å². The first-order chi connectivity index (χ1) is 14.6. The van der Waals surface area contributed by atoms with E-state index in [9.17, 15) is 9.59 Å². The molecule has 0 bridgehead atoms. The van der Waals surface area contributed by atoms with Gasteiger partial charge in [-0.2, -0.15) is 0 Å². The summed E-state index contributed by atoms with van der Waals surface area (Å²) in [6.07, 6.45) is 2.09. The van der Waals surface area contributed by atoms with E-state index < -0.39 is 0 Å². The molecule has 0 saturated carbocycles. The van der Waals surface area contributed by atoms with Gasteiger partial charge in [-0.15, -0.1) is 0 Å². The lowest BCUT2D eigenvalue weighted by Crippen LogP contribution is -2.37. The van der Waals surface area contributed by atoms with Crippen LogP contribution in [0, 0.1) is 5.92 Å². The van der Waals surface area contributed by atoms with Crippen LogP contribution >= 0.6 is 0 Å². The van der Waals surface area contributed by atoms with Crippen LogP contribution < -0.4 is 5.32 Å². The quantitative estimate of drug-likeness (QED) is 0.633. The molecule has 4 rings (SSSR count). The molecule has 0 atom stereocenters. The SMILES string of the molecule is CC1CCN(C(=O)c2cccc(NC(=O)c3ccc(-c4ccccc4)cc3)c2)CC1. The van der Waals surface area contributed by atoms with Crippen molar-refractivity contribution in [2.75, 3.05) is 18.4 Å². The zero-order valence-corrected chi connectivity index (χ0v) is 17.2. The predicted molar refractivity (Wildman–Crippen MR) is 121 cm³/mol. The highest BCUT2D eigenvalue weighted by atomic mass is 16.2. The van der Waals surface area contributed by atoms with Crippen molar-refractivity contribution in [1.82, 2.24) is 4.90 Å². The Kier molecular flexibility index (Phi) is 5.94. The molecule has 2 amide bonds. The highest BCUT2D eigenvalue weighted by molar-refractivity contribution is 6.05. The van der Waals surface area contributed by atoms with E-state index >= 15 is 0 Å². The highest BCUT2D eigenvalue weighted by Gasteiger charge is 2.21. The van der Waals surface area contributed by atoms with Crippen LogP contribution in [0.4, 0.5) is 5.69 Å². The Morgan fingerprint density at radius 1 is 0.800 bits per heavy atom. The lowest BCUT2D eigenvalue weighted by atomic mass is 9.98. The van der Waals surface area contributed by atoms with Gasteiger partial charge in [0.15, 0.2) is 0 Å². The molecule has 1 N–H and O–H groups in total. The fourth-order valence-corrected chi connectivity index (χ4v) is 3.77. The third-order valence-electron chi connectivity index (χ3n) is 5.69.